The molecule has 25 heavy (non-hydrogen) atoms. The lowest BCUT2D eigenvalue weighted by molar-refractivity contribution is -0.345. The Kier molecular flexibility index (Phi) is 5.78. The van der Waals surface area contributed by atoms with Crippen LogP contribution in [0.15, 0.2) is 0 Å². The summed E-state index contributed by atoms with van der Waals surface area (Å²) in [5.74, 6) is 0. The Morgan fingerprint density at radius 1 is 1.12 bits per heavy atom. The number of hydrogen-bond donors (Lipinski definition) is 1. The summed E-state index contributed by atoms with van der Waals surface area (Å²) in [4.78, 5) is 14.4. The van der Waals surface area contributed by atoms with Gasteiger partial charge in [0.25, 0.3) is 0 Å². The third kappa shape index (κ3) is 5.23. The van der Waals surface area contributed by atoms with E-state index in [0.29, 0.717) is 45.4 Å². The zero-order valence-electron chi connectivity index (χ0n) is 14.4. The molecule has 0 aromatic heterocycles. The zero-order chi connectivity index (χ0) is 17.9. The number of urea groups is 1. The Balaban J connectivity index is 1.45. The number of nitrogens with one attached hydrogen (secondary N) is 1. The molecule has 1 saturated heterocycles. The van der Waals surface area contributed by atoms with Gasteiger partial charge in [0.2, 0.25) is 0 Å². The monoisotopic (exact) mass is 364 g/mol. The second-order valence-electron chi connectivity index (χ2n) is 7.50. The van der Waals surface area contributed by atoms with Crippen molar-refractivity contribution in [1.29, 1.82) is 0 Å². The van der Waals surface area contributed by atoms with Crippen LogP contribution in [0.1, 0.15) is 57.8 Å². The third-order valence-corrected chi connectivity index (χ3v) is 5.60. The Bertz CT molecular complexity index is 453. The summed E-state index contributed by atoms with van der Waals surface area (Å²) in [6.07, 6.45) is 1.79. The first-order valence-electron chi connectivity index (χ1n) is 9.29. The van der Waals surface area contributed by atoms with Crippen molar-refractivity contribution in [3.8, 4) is 0 Å². The Morgan fingerprint density at radius 3 is 2.44 bits per heavy atom. The number of rotatable bonds is 2. The molecule has 8 heteroatoms. The summed E-state index contributed by atoms with van der Waals surface area (Å²) in [5, 5.41) is 2.99. The average molecular weight is 364 g/mol. The van der Waals surface area contributed by atoms with E-state index in [4.69, 9.17) is 4.74 Å². The number of amides is 2. The van der Waals surface area contributed by atoms with E-state index < -0.39 is 12.5 Å². The highest BCUT2D eigenvalue weighted by atomic mass is 19.4. The van der Waals surface area contributed by atoms with Crippen molar-refractivity contribution in [3.05, 3.63) is 0 Å². The summed E-state index contributed by atoms with van der Waals surface area (Å²) in [6.45, 7) is 1.74. The maximum Gasteiger partial charge on any atom is 0.522 e. The molecular weight excluding hydrogens is 337 g/mol. The van der Waals surface area contributed by atoms with Gasteiger partial charge in [0.1, 0.15) is 0 Å². The van der Waals surface area contributed by atoms with Crippen LogP contribution in [0.3, 0.4) is 0 Å². The first-order chi connectivity index (χ1) is 11.9. The average Bonchev–Trinajstić information content (AvgIpc) is 2.56. The van der Waals surface area contributed by atoms with Crippen LogP contribution in [0.25, 0.3) is 0 Å². The summed E-state index contributed by atoms with van der Waals surface area (Å²) < 4.78 is 46.8. The highest BCUT2D eigenvalue weighted by Crippen LogP contribution is 2.34. The summed E-state index contributed by atoms with van der Waals surface area (Å²) >= 11 is 0. The fourth-order valence-corrected chi connectivity index (χ4v) is 4.30. The molecule has 1 aliphatic heterocycles. The highest BCUT2D eigenvalue weighted by molar-refractivity contribution is 5.74. The van der Waals surface area contributed by atoms with Crippen molar-refractivity contribution in [3.63, 3.8) is 0 Å². The molecule has 0 bridgehead atoms. The van der Waals surface area contributed by atoms with E-state index in [-0.39, 0.29) is 17.7 Å². The highest BCUT2D eigenvalue weighted by Gasteiger charge is 2.40. The molecule has 144 valence electrons. The van der Waals surface area contributed by atoms with Gasteiger partial charge in [-0.25, -0.2) is 4.79 Å². The number of ether oxygens (including phenoxy) is 2. The van der Waals surface area contributed by atoms with Crippen LogP contribution in [0, 0.1) is 0 Å². The van der Waals surface area contributed by atoms with Gasteiger partial charge in [0, 0.05) is 12.6 Å². The lowest BCUT2D eigenvalue weighted by atomic mass is 9.83. The minimum Gasteiger partial charge on any atom is -0.371 e. The molecule has 0 atom stereocenters. The molecule has 0 radical (unpaired) electrons. The molecule has 1 spiro atoms. The van der Waals surface area contributed by atoms with Gasteiger partial charge in [0.15, 0.2) is 0 Å². The molecule has 2 saturated carbocycles. The molecule has 3 fully saturated rings. The van der Waals surface area contributed by atoms with E-state index in [1.165, 1.54) is 6.42 Å². The number of nitrogens with zero attached hydrogens (tertiary/aromatic N) is 1. The predicted molar refractivity (Wildman–Crippen MR) is 85.1 cm³/mol. The van der Waals surface area contributed by atoms with Gasteiger partial charge in [-0.2, -0.15) is 0 Å². The van der Waals surface area contributed by atoms with E-state index in [0.717, 1.165) is 25.7 Å². The summed E-state index contributed by atoms with van der Waals surface area (Å²) in [7, 11) is 0. The van der Waals surface area contributed by atoms with Crippen molar-refractivity contribution < 1.29 is 27.4 Å². The van der Waals surface area contributed by atoms with Crippen molar-refractivity contribution in [1.82, 2.24) is 10.2 Å². The Hall–Kier alpha value is -1.02. The molecule has 0 aromatic rings. The van der Waals surface area contributed by atoms with Crippen LogP contribution < -0.4 is 5.32 Å². The van der Waals surface area contributed by atoms with Crippen LogP contribution in [-0.2, 0) is 9.47 Å². The number of carbonyl (C=O) groups excluding carboxylic acids is 1. The predicted octanol–water partition coefficient (Wildman–Crippen LogP) is 3.58. The van der Waals surface area contributed by atoms with E-state index in [1.807, 2.05) is 4.90 Å². The molecule has 0 unspecified atom stereocenters. The van der Waals surface area contributed by atoms with Crippen molar-refractivity contribution in [2.75, 3.05) is 19.7 Å². The largest absolute Gasteiger partial charge is 0.522 e. The van der Waals surface area contributed by atoms with Gasteiger partial charge >= 0.3 is 12.4 Å². The van der Waals surface area contributed by atoms with E-state index in [9.17, 15) is 18.0 Å². The minimum atomic E-state index is -4.58. The fourth-order valence-electron chi connectivity index (χ4n) is 4.30. The van der Waals surface area contributed by atoms with Crippen molar-refractivity contribution >= 4 is 6.03 Å². The van der Waals surface area contributed by atoms with Crippen molar-refractivity contribution in [2.24, 2.45) is 0 Å². The molecular formula is C17H27F3N2O3. The smallest absolute Gasteiger partial charge is 0.371 e. The number of carbonyl (C=O) groups is 1. The van der Waals surface area contributed by atoms with Crippen LogP contribution in [0.5, 0.6) is 0 Å². The lowest BCUT2D eigenvalue weighted by Crippen LogP contribution is -2.57. The van der Waals surface area contributed by atoms with Crippen LogP contribution >= 0.6 is 0 Å². The molecule has 0 aromatic carbocycles. The second kappa shape index (κ2) is 7.70. The second-order valence-corrected chi connectivity index (χ2v) is 7.50. The van der Waals surface area contributed by atoms with Crippen LogP contribution in [-0.4, -0.2) is 54.7 Å². The quantitative estimate of drug-likeness (QED) is 0.815. The molecule has 2 amide bonds. The normalized spacial score (nSPS) is 30.3. The van der Waals surface area contributed by atoms with Gasteiger partial charge in [0.05, 0.1) is 24.9 Å². The van der Waals surface area contributed by atoms with Crippen molar-refractivity contribution in [2.45, 2.75) is 81.9 Å². The van der Waals surface area contributed by atoms with E-state index in [2.05, 4.69) is 10.1 Å². The Labute approximate surface area is 146 Å². The minimum absolute atomic E-state index is 0.0780. The topological polar surface area (TPSA) is 50.8 Å². The van der Waals surface area contributed by atoms with Gasteiger partial charge in [-0.1, -0.05) is 19.3 Å². The third-order valence-electron chi connectivity index (χ3n) is 5.60. The van der Waals surface area contributed by atoms with E-state index >= 15 is 0 Å². The molecule has 1 heterocycles. The van der Waals surface area contributed by atoms with Gasteiger partial charge in [-0.05, 0) is 38.5 Å². The first kappa shape index (κ1) is 18.8. The molecule has 2 aliphatic carbocycles. The maximum atomic E-state index is 12.6. The number of morpholine rings is 1. The number of alkyl halides is 3. The molecule has 3 aliphatic rings. The molecule has 5 nitrogen and oxygen atoms in total. The lowest BCUT2D eigenvalue weighted by Gasteiger charge is -2.45. The zero-order valence-corrected chi connectivity index (χ0v) is 14.4. The number of hydrogen-bond acceptors (Lipinski definition) is 3. The molecule has 1 N–H and O–H groups in total. The van der Waals surface area contributed by atoms with E-state index in [1.54, 1.807) is 0 Å². The summed E-state index contributed by atoms with van der Waals surface area (Å²) in [5.41, 5.74) is -0.188. The van der Waals surface area contributed by atoms with Gasteiger partial charge < -0.3 is 15.0 Å². The Morgan fingerprint density at radius 2 is 1.80 bits per heavy atom. The SMILES string of the molecule is O=C(NC1CCC(OC(F)(F)F)CC1)N1CCOC2(CCCCC2)C1. The number of halogens is 3. The standard InChI is InChI=1S/C17H27F3N2O3/c18-17(19,20)25-14-6-4-13(5-7-14)21-15(23)22-10-11-24-16(12-22)8-2-1-3-9-16/h13-14H,1-12H2,(H,21,23). The van der Waals surface area contributed by atoms with Gasteiger partial charge in [-0.3, -0.25) is 4.74 Å². The van der Waals surface area contributed by atoms with Crippen LogP contribution in [0.4, 0.5) is 18.0 Å². The van der Waals surface area contributed by atoms with Gasteiger partial charge in [-0.15, -0.1) is 13.2 Å². The van der Waals surface area contributed by atoms with Crippen LogP contribution in [0.2, 0.25) is 0 Å². The fraction of sp³-hybridized carbons (Fsp3) is 0.941. The summed E-state index contributed by atoms with van der Waals surface area (Å²) in [6, 6.07) is -0.195. The molecule has 3 rings (SSSR count). The maximum absolute atomic E-state index is 12.6. The first-order valence-corrected chi connectivity index (χ1v) is 9.29.